The third-order valence-electron chi connectivity index (χ3n) is 5.78. The summed E-state index contributed by atoms with van der Waals surface area (Å²) < 4.78 is 12.8. The Kier molecular flexibility index (Phi) is 5.92. The van der Waals surface area contributed by atoms with Crippen molar-refractivity contribution in [3.05, 3.63) is 72.2 Å². The van der Waals surface area contributed by atoms with Crippen LogP contribution < -0.4 is 9.64 Å². The van der Waals surface area contributed by atoms with Crippen LogP contribution in [0.5, 0.6) is 5.75 Å². The number of hydrogen-bond donors (Lipinski definition) is 0. The quantitative estimate of drug-likeness (QED) is 0.381. The molecule has 0 radical (unpaired) electrons. The van der Waals surface area contributed by atoms with Crippen LogP contribution in [0, 0.1) is 6.92 Å². The zero-order valence-electron chi connectivity index (χ0n) is 18.5. The van der Waals surface area contributed by atoms with Gasteiger partial charge >= 0.3 is 0 Å². The Hall–Kier alpha value is -3.52. The first kappa shape index (κ1) is 21.3. The summed E-state index contributed by atoms with van der Waals surface area (Å²) in [6, 6.07) is 17.7. The van der Waals surface area contributed by atoms with Gasteiger partial charge in [-0.3, -0.25) is 9.36 Å². The van der Waals surface area contributed by atoms with E-state index in [0.717, 1.165) is 46.9 Å². The van der Waals surface area contributed by atoms with Crippen molar-refractivity contribution in [3.8, 4) is 22.8 Å². The number of carbonyl (C=O) groups is 1. The first-order chi connectivity index (χ1) is 16.2. The van der Waals surface area contributed by atoms with E-state index in [9.17, 15) is 4.79 Å². The molecular weight excluding hydrogens is 436 g/mol. The molecule has 4 aromatic rings. The predicted molar refractivity (Wildman–Crippen MR) is 128 cm³/mol. The van der Waals surface area contributed by atoms with Crippen LogP contribution in [0.15, 0.2) is 70.4 Å². The molecular formula is C25H24N4O3S. The van der Waals surface area contributed by atoms with Gasteiger partial charge in [0.05, 0.1) is 24.7 Å². The highest BCUT2D eigenvalue weighted by Crippen LogP contribution is 2.33. The molecule has 5 rings (SSSR count). The SMILES string of the molecule is COc1ccc2c(c1)CCCN2C(=O)CSc1nnc(-c2ccoc2C)n1-c1ccccc1. The second kappa shape index (κ2) is 9.15. The fourth-order valence-electron chi connectivity index (χ4n) is 4.13. The second-order valence-corrected chi connectivity index (χ2v) is 8.74. The number of anilines is 1. The number of nitrogens with zero attached hydrogens (tertiary/aromatic N) is 4. The molecule has 0 atom stereocenters. The molecule has 0 bridgehead atoms. The van der Waals surface area contributed by atoms with Crippen molar-refractivity contribution < 1.29 is 13.9 Å². The second-order valence-electron chi connectivity index (χ2n) is 7.80. The standard InChI is InChI=1S/C25H24N4O3S/c1-17-21(12-14-32-17)24-26-27-25(29(24)19-8-4-3-5-9-19)33-16-23(30)28-13-6-7-18-15-20(31-2)10-11-22(18)28/h3-5,8-12,14-15H,6-7,13,16H2,1-2H3. The van der Waals surface area contributed by atoms with Crippen molar-refractivity contribution in [2.45, 2.75) is 24.9 Å². The molecule has 0 N–H and O–H groups in total. The van der Waals surface area contributed by atoms with E-state index in [2.05, 4.69) is 10.2 Å². The third kappa shape index (κ3) is 4.14. The summed E-state index contributed by atoms with van der Waals surface area (Å²) >= 11 is 1.39. The van der Waals surface area contributed by atoms with E-state index in [1.807, 2.05) is 71.0 Å². The number of furan rings is 1. The summed E-state index contributed by atoms with van der Waals surface area (Å²) in [6.07, 6.45) is 3.52. The summed E-state index contributed by atoms with van der Waals surface area (Å²) in [5.74, 6) is 2.59. The van der Waals surface area contributed by atoms with Crippen LogP contribution in [-0.4, -0.2) is 40.1 Å². The van der Waals surface area contributed by atoms with Gasteiger partial charge in [0.2, 0.25) is 5.91 Å². The van der Waals surface area contributed by atoms with Gasteiger partial charge in [0, 0.05) is 17.9 Å². The average Bonchev–Trinajstić information content (AvgIpc) is 3.47. The highest BCUT2D eigenvalue weighted by molar-refractivity contribution is 7.99. The lowest BCUT2D eigenvalue weighted by atomic mass is 10.0. The molecule has 0 saturated carbocycles. The molecule has 0 spiro atoms. The lowest BCUT2D eigenvalue weighted by Crippen LogP contribution is -2.36. The Labute approximate surface area is 196 Å². The monoisotopic (exact) mass is 460 g/mol. The Morgan fingerprint density at radius 2 is 2.00 bits per heavy atom. The van der Waals surface area contributed by atoms with E-state index in [1.54, 1.807) is 13.4 Å². The van der Waals surface area contributed by atoms with Crippen LogP contribution in [-0.2, 0) is 11.2 Å². The minimum atomic E-state index is 0.0507. The third-order valence-corrected chi connectivity index (χ3v) is 6.69. The molecule has 1 aliphatic heterocycles. The lowest BCUT2D eigenvalue weighted by Gasteiger charge is -2.29. The van der Waals surface area contributed by atoms with Crippen molar-refractivity contribution in [2.24, 2.45) is 0 Å². The highest BCUT2D eigenvalue weighted by atomic mass is 32.2. The molecule has 8 heteroatoms. The Bertz CT molecular complexity index is 1280. The number of thioether (sulfide) groups is 1. The topological polar surface area (TPSA) is 73.4 Å². The molecule has 0 fully saturated rings. The summed E-state index contributed by atoms with van der Waals surface area (Å²) in [7, 11) is 1.66. The molecule has 3 heterocycles. The normalized spacial score (nSPS) is 13.1. The zero-order valence-corrected chi connectivity index (χ0v) is 19.3. The summed E-state index contributed by atoms with van der Waals surface area (Å²) in [5, 5.41) is 9.52. The van der Waals surface area contributed by atoms with Gasteiger partial charge in [0.15, 0.2) is 11.0 Å². The number of benzene rings is 2. The number of amides is 1. The van der Waals surface area contributed by atoms with Crippen molar-refractivity contribution >= 4 is 23.4 Å². The van der Waals surface area contributed by atoms with Gasteiger partial charge in [-0.2, -0.15) is 0 Å². The smallest absolute Gasteiger partial charge is 0.237 e. The average molecular weight is 461 g/mol. The number of aromatic nitrogens is 3. The maximum absolute atomic E-state index is 13.2. The number of aryl methyl sites for hydroxylation is 2. The number of ether oxygens (including phenoxy) is 1. The van der Waals surface area contributed by atoms with Crippen LogP contribution in [0.1, 0.15) is 17.7 Å². The summed E-state index contributed by atoms with van der Waals surface area (Å²) in [5.41, 5.74) is 3.92. The minimum Gasteiger partial charge on any atom is -0.497 e. The van der Waals surface area contributed by atoms with Crippen LogP contribution in [0.4, 0.5) is 5.69 Å². The fourth-order valence-corrected chi connectivity index (χ4v) is 4.96. The van der Waals surface area contributed by atoms with Crippen LogP contribution in [0.2, 0.25) is 0 Å². The Morgan fingerprint density at radius 3 is 2.76 bits per heavy atom. The van der Waals surface area contributed by atoms with Crippen molar-refractivity contribution in [2.75, 3.05) is 24.3 Å². The van der Waals surface area contributed by atoms with Crippen molar-refractivity contribution in [3.63, 3.8) is 0 Å². The predicted octanol–water partition coefficient (Wildman–Crippen LogP) is 4.92. The summed E-state index contributed by atoms with van der Waals surface area (Å²) in [6.45, 7) is 2.61. The van der Waals surface area contributed by atoms with Gasteiger partial charge in [0.1, 0.15) is 11.5 Å². The molecule has 0 unspecified atom stereocenters. The number of carbonyl (C=O) groups excluding carboxylic acids is 1. The summed E-state index contributed by atoms with van der Waals surface area (Å²) in [4.78, 5) is 15.1. The van der Waals surface area contributed by atoms with E-state index in [-0.39, 0.29) is 11.7 Å². The number of para-hydroxylation sites is 1. The van der Waals surface area contributed by atoms with Gasteiger partial charge in [-0.15, -0.1) is 10.2 Å². The Morgan fingerprint density at radius 1 is 1.15 bits per heavy atom. The molecule has 33 heavy (non-hydrogen) atoms. The largest absolute Gasteiger partial charge is 0.497 e. The van der Waals surface area contributed by atoms with Gasteiger partial charge in [-0.05, 0) is 61.7 Å². The van der Waals surface area contributed by atoms with Crippen LogP contribution in [0.25, 0.3) is 17.1 Å². The highest BCUT2D eigenvalue weighted by Gasteiger charge is 2.25. The first-order valence-electron chi connectivity index (χ1n) is 10.8. The van der Waals surface area contributed by atoms with E-state index in [4.69, 9.17) is 9.15 Å². The zero-order chi connectivity index (χ0) is 22.8. The van der Waals surface area contributed by atoms with Crippen LogP contribution >= 0.6 is 11.8 Å². The molecule has 1 aliphatic rings. The molecule has 2 aromatic carbocycles. The first-order valence-corrected chi connectivity index (χ1v) is 11.8. The van der Waals surface area contributed by atoms with E-state index < -0.39 is 0 Å². The van der Waals surface area contributed by atoms with E-state index in [1.165, 1.54) is 11.8 Å². The van der Waals surface area contributed by atoms with Crippen molar-refractivity contribution in [1.82, 2.24) is 14.8 Å². The molecule has 1 amide bonds. The molecule has 2 aromatic heterocycles. The van der Waals surface area contributed by atoms with Crippen molar-refractivity contribution in [1.29, 1.82) is 0 Å². The maximum atomic E-state index is 13.2. The number of hydrogen-bond acceptors (Lipinski definition) is 6. The molecule has 7 nitrogen and oxygen atoms in total. The molecule has 0 saturated heterocycles. The van der Waals surface area contributed by atoms with Gasteiger partial charge < -0.3 is 14.1 Å². The van der Waals surface area contributed by atoms with Gasteiger partial charge in [0.25, 0.3) is 0 Å². The molecule has 168 valence electrons. The number of methoxy groups -OCH3 is 1. The van der Waals surface area contributed by atoms with E-state index >= 15 is 0 Å². The number of fused-ring (bicyclic) bond motifs is 1. The lowest BCUT2D eigenvalue weighted by molar-refractivity contribution is -0.116. The Balaban J connectivity index is 1.41. The van der Waals surface area contributed by atoms with Gasteiger partial charge in [-0.1, -0.05) is 30.0 Å². The van der Waals surface area contributed by atoms with E-state index in [0.29, 0.717) is 17.5 Å². The fraction of sp³-hybridized carbons (Fsp3) is 0.240. The van der Waals surface area contributed by atoms with Gasteiger partial charge in [-0.25, -0.2) is 0 Å². The minimum absolute atomic E-state index is 0.0507. The van der Waals surface area contributed by atoms with Crippen LogP contribution in [0.3, 0.4) is 0 Å². The number of rotatable bonds is 6. The molecule has 0 aliphatic carbocycles. The maximum Gasteiger partial charge on any atom is 0.237 e.